The maximum atomic E-state index is 11.1. The molecule has 0 saturated heterocycles. The molecular formula is C9H7NO3S. The number of thiazole rings is 1. The fourth-order valence-electron chi connectivity index (χ4n) is 0.983. The van der Waals surface area contributed by atoms with Gasteiger partial charge in [0.1, 0.15) is 4.88 Å². The fraction of sp³-hybridized carbons (Fsp3) is 0.111. The summed E-state index contributed by atoms with van der Waals surface area (Å²) in [5.74, 6) is 0.283. The van der Waals surface area contributed by atoms with E-state index in [9.17, 15) is 4.79 Å². The van der Waals surface area contributed by atoms with Crippen molar-refractivity contribution in [3.8, 4) is 10.8 Å². The van der Waals surface area contributed by atoms with Gasteiger partial charge in [0.15, 0.2) is 10.8 Å². The lowest BCUT2D eigenvalue weighted by Crippen LogP contribution is -1.96. The lowest BCUT2D eigenvalue weighted by atomic mass is 10.5. The van der Waals surface area contributed by atoms with E-state index in [1.807, 2.05) is 0 Å². The summed E-state index contributed by atoms with van der Waals surface area (Å²) >= 11 is 1.24. The molecule has 5 heteroatoms. The summed E-state index contributed by atoms with van der Waals surface area (Å²) < 4.78 is 9.71. The molecule has 2 rings (SSSR count). The maximum absolute atomic E-state index is 11.1. The van der Waals surface area contributed by atoms with E-state index in [-0.39, 0.29) is 5.97 Å². The first-order valence-corrected chi connectivity index (χ1v) is 4.71. The van der Waals surface area contributed by atoms with Crippen LogP contribution in [0.2, 0.25) is 0 Å². The van der Waals surface area contributed by atoms with Crippen molar-refractivity contribution >= 4 is 17.3 Å². The summed E-state index contributed by atoms with van der Waals surface area (Å²) in [6.07, 6.45) is 3.04. The number of carbonyl (C=O) groups is 1. The Hall–Kier alpha value is -1.62. The van der Waals surface area contributed by atoms with Crippen LogP contribution in [0.5, 0.6) is 0 Å². The number of hydrogen-bond acceptors (Lipinski definition) is 5. The molecule has 4 nitrogen and oxygen atoms in total. The molecular weight excluding hydrogens is 202 g/mol. The van der Waals surface area contributed by atoms with Gasteiger partial charge in [0.2, 0.25) is 0 Å². The maximum Gasteiger partial charge on any atom is 0.349 e. The van der Waals surface area contributed by atoms with Gasteiger partial charge in [-0.05, 0) is 12.1 Å². The summed E-state index contributed by atoms with van der Waals surface area (Å²) in [6, 6.07) is 3.56. The number of nitrogens with zero attached hydrogens (tertiary/aromatic N) is 1. The van der Waals surface area contributed by atoms with Gasteiger partial charge >= 0.3 is 5.97 Å². The highest BCUT2D eigenvalue weighted by Gasteiger charge is 2.12. The Morgan fingerprint density at radius 3 is 3.14 bits per heavy atom. The third-order valence-electron chi connectivity index (χ3n) is 1.62. The Balaban J connectivity index is 2.31. The van der Waals surface area contributed by atoms with Crippen molar-refractivity contribution in [1.29, 1.82) is 0 Å². The average Bonchev–Trinajstić information content (AvgIpc) is 2.86. The molecule has 2 aromatic heterocycles. The number of carbonyl (C=O) groups excluding carboxylic acids is 1. The number of esters is 1. The van der Waals surface area contributed by atoms with Crippen LogP contribution in [0.1, 0.15) is 9.67 Å². The average molecular weight is 209 g/mol. The Morgan fingerprint density at radius 2 is 2.50 bits per heavy atom. The first-order valence-electron chi connectivity index (χ1n) is 3.89. The topological polar surface area (TPSA) is 52.3 Å². The molecule has 0 unspecified atom stereocenters. The third-order valence-corrected chi connectivity index (χ3v) is 2.62. The molecule has 0 atom stereocenters. The van der Waals surface area contributed by atoms with Crippen molar-refractivity contribution in [2.75, 3.05) is 7.11 Å². The van der Waals surface area contributed by atoms with Crippen molar-refractivity contribution in [2.45, 2.75) is 0 Å². The van der Waals surface area contributed by atoms with Gasteiger partial charge in [-0.2, -0.15) is 0 Å². The van der Waals surface area contributed by atoms with Crippen LogP contribution in [-0.4, -0.2) is 18.1 Å². The predicted molar refractivity (Wildman–Crippen MR) is 51.2 cm³/mol. The van der Waals surface area contributed by atoms with E-state index in [2.05, 4.69) is 9.72 Å². The quantitative estimate of drug-likeness (QED) is 0.711. The minimum atomic E-state index is -0.375. The molecule has 0 bridgehead atoms. The van der Waals surface area contributed by atoms with Crippen LogP contribution in [-0.2, 0) is 4.74 Å². The second-order valence-electron chi connectivity index (χ2n) is 2.50. The zero-order chi connectivity index (χ0) is 9.97. The standard InChI is InChI=1S/C9H7NO3S/c1-12-9(11)7-5-10-8(14-7)6-3-2-4-13-6/h2-5H,1H3. The van der Waals surface area contributed by atoms with Gasteiger partial charge in [0.25, 0.3) is 0 Å². The lowest BCUT2D eigenvalue weighted by Gasteiger charge is -1.90. The Kier molecular flexibility index (Phi) is 2.32. The van der Waals surface area contributed by atoms with Crippen LogP contribution < -0.4 is 0 Å². The van der Waals surface area contributed by atoms with Crippen LogP contribution in [0, 0.1) is 0 Å². The Morgan fingerprint density at radius 1 is 1.64 bits per heavy atom. The molecule has 0 saturated carbocycles. The first kappa shape index (κ1) is 8.96. The lowest BCUT2D eigenvalue weighted by molar-refractivity contribution is 0.0606. The summed E-state index contributed by atoms with van der Waals surface area (Å²) in [7, 11) is 1.34. The van der Waals surface area contributed by atoms with Crippen molar-refractivity contribution in [3.63, 3.8) is 0 Å². The van der Waals surface area contributed by atoms with E-state index < -0.39 is 0 Å². The number of methoxy groups -OCH3 is 1. The van der Waals surface area contributed by atoms with Crippen LogP contribution in [0.3, 0.4) is 0 Å². The number of ether oxygens (including phenoxy) is 1. The molecule has 0 aliphatic heterocycles. The van der Waals surface area contributed by atoms with Gasteiger partial charge in [0.05, 0.1) is 19.6 Å². The van der Waals surface area contributed by atoms with E-state index >= 15 is 0 Å². The molecule has 72 valence electrons. The van der Waals surface area contributed by atoms with Crippen molar-refractivity contribution in [1.82, 2.24) is 4.98 Å². The molecule has 14 heavy (non-hydrogen) atoms. The summed E-state index contributed by atoms with van der Waals surface area (Å²) in [6.45, 7) is 0. The monoisotopic (exact) mass is 209 g/mol. The van der Waals surface area contributed by atoms with Gasteiger partial charge in [-0.3, -0.25) is 0 Å². The van der Waals surface area contributed by atoms with Gasteiger partial charge in [0, 0.05) is 0 Å². The highest BCUT2D eigenvalue weighted by molar-refractivity contribution is 7.16. The second kappa shape index (κ2) is 3.63. The van der Waals surface area contributed by atoms with Crippen LogP contribution >= 0.6 is 11.3 Å². The first-order chi connectivity index (χ1) is 6.81. The molecule has 0 aliphatic rings. The Labute approximate surface area is 84.1 Å². The van der Waals surface area contributed by atoms with Crippen molar-refractivity contribution in [3.05, 3.63) is 29.5 Å². The van der Waals surface area contributed by atoms with Crippen LogP contribution in [0.15, 0.2) is 29.0 Å². The van der Waals surface area contributed by atoms with Crippen molar-refractivity contribution in [2.24, 2.45) is 0 Å². The zero-order valence-corrected chi connectivity index (χ0v) is 8.21. The van der Waals surface area contributed by atoms with Gasteiger partial charge in [-0.15, -0.1) is 11.3 Å². The Bertz CT molecular complexity index is 433. The summed E-state index contributed by atoms with van der Waals surface area (Å²) in [5.41, 5.74) is 0. The molecule has 0 amide bonds. The molecule has 2 aromatic rings. The van der Waals surface area contributed by atoms with Crippen molar-refractivity contribution < 1.29 is 13.9 Å². The van der Waals surface area contributed by atoms with Gasteiger partial charge in [-0.1, -0.05) is 0 Å². The normalized spacial score (nSPS) is 10.1. The molecule has 2 heterocycles. The van der Waals surface area contributed by atoms with Crippen LogP contribution in [0.4, 0.5) is 0 Å². The van der Waals surface area contributed by atoms with E-state index in [1.54, 1.807) is 18.4 Å². The molecule has 0 fully saturated rings. The molecule has 0 aromatic carbocycles. The van der Waals surface area contributed by atoms with E-state index in [4.69, 9.17) is 4.42 Å². The second-order valence-corrected chi connectivity index (χ2v) is 3.53. The smallest absolute Gasteiger partial charge is 0.349 e. The fourth-order valence-corrected chi connectivity index (χ4v) is 1.79. The number of hydrogen-bond donors (Lipinski definition) is 0. The molecule has 0 aliphatic carbocycles. The van der Waals surface area contributed by atoms with E-state index in [0.717, 1.165) is 0 Å². The summed E-state index contributed by atoms with van der Waals surface area (Å²) in [4.78, 5) is 15.6. The summed E-state index contributed by atoms with van der Waals surface area (Å²) in [5, 5.41) is 0.676. The van der Waals surface area contributed by atoms with Crippen LogP contribution in [0.25, 0.3) is 10.8 Å². The third kappa shape index (κ3) is 1.54. The van der Waals surface area contributed by atoms with Gasteiger partial charge in [-0.25, -0.2) is 9.78 Å². The predicted octanol–water partition coefficient (Wildman–Crippen LogP) is 2.19. The zero-order valence-electron chi connectivity index (χ0n) is 7.39. The number of aromatic nitrogens is 1. The number of rotatable bonds is 2. The highest BCUT2D eigenvalue weighted by Crippen LogP contribution is 2.25. The number of furan rings is 1. The molecule has 0 radical (unpaired) electrons. The minimum absolute atomic E-state index is 0.375. The molecule has 0 N–H and O–H groups in total. The highest BCUT2D eigenvalue weighted by atomic mass is 32.1. The SMILES string of the molecule is COC(=O)c1cnc(-c2ccco2)s1. The van der Waals surface area contributed by atoms with E-state index in [0.29, 0.717) is 15.6 Å². The minimum Gasteiger partial charge on any atom is -0.465 e. The largest absolute Gasteiger partial charge is 0.465 e. The van der Waals surface area contributed by atoms with E-state index in [1.165, 1.54) is 24.6 Å². The van der Waals surface area contributed by atoms with Gasteiger partial charge < -0.3 is 9.15 Å². The molecule has 0 spiro atoms.